The quantitative estimate of drug-likeness (QED) is 0.552. The van der Waals surface area contributed by atoms with Crippen LogP contribution in [0.5, 0.6) is 0 Å². The number of esters is 1. The van der Waals surface area contributed by atoms with Crippen molar-refractivity contribution >= 4 is 35.1 Å². The zero-order valence-electron chi connectivity index (χ0n) is 15.9. The van der Waals surface area contributed by atoms with Crippen molar-refractivity contribution in [2.24, 2.45) is 0 Å². The molecule has 1 aliphatic heterocycles. The number of hydrogen-bond donors (Lipinski definition) is 0. The van der Waals surface area contributed by atoms with Gasteiger partial charge >= 0.3 is 5.97 Å². The maximum atomic E-state index is 12.6. The minimum Gasteiger partial charge on any atom is -0.456 e. The highest BCUT2D eigenvalue weighted by atomic mass is 32.2. The van der Waals surface area contributed by atoms with E-state index in [-0.39, 0.29) is 30.6 Å². The standard InChI is InChI=1S/C21H22N2O4S/c1-13-9-16(14(2)23(13)15-7-8-15)18(24)11-27-21(26)10-22-17-5-3-4-6-19(17)28-12-20(22)25/h3-6,9,15H,7-8,10-12H2,1-2H3. The lowest BCUT2D eigenvalue weighted by atomic mass is 10.1. The molecule has 4 rings (SSSR count). The summed E-state index contributed by atoms with van der Waals surface area (Å²) in [4.78, 5) is 39.5. The van der Waals surface area contributed by atoms with Crippen LogP contribution in [0.2, 0.25) is 0 Å². The molecule has 0 saturated heterocycles. The van der Waals surface area contributed by atoms with E-state index in [4.69, 9.17) is 4.74 Å². The van der Waals surface area contributed by atoms with E-state index in [0.29, 0.717) is 17.3 Å². The molecule has 1 amide bonds. The average molecular weight is 398 g/mol. The molecule has 6 nitrogen and oxygen atoms in total. The van der Waals surface area contributed by atoms with Crippen molar-refractivity contribution in [3.05, 3.63) is 47.3 Å². The number of nitrogens with zero attached hydrogens (tertiary/aromatic N) is 2. The van der Waals surface area contributed by atoms with Crippen molar-refractivity contribution in [3.8, 4) is 0 Å². The van der Waals surface area contributed by atoms with E-state index in [9.17, 15) is 14.4 Å². The second-order valence-electron chi connectivity index (χ2n) is 7.21. The van der Waals surface area contributed by atoms with Crippen LogP contribution in [0.15, 0.2) is 35.2 Å². The number of ether oxygens (including phenoxy) is 1. The van der Waals surface area contributed by atoms with E-state index in [1.165, 1.54) is 16.7 Å². The Kier molecular flexibility index (Phi) is 5.02. The minimum atomic E-state index is -0.584. The topological polar surface area (TPSA) is 68.6 Å². The average Bonchev–Trinajstić information content (AvgIpc) is 3.47. The molecule has 146 valence electrons. The van der Waals surface area contributed by atoms with E-state index < -0.39 is 5.97 Å². The molecule has 2 aliphatic rings. The highest BCUT2D eigenvalue weighted by Crippen LogP contribution is 2.38. The zero-order valence-corrected chi connectivity index (χ0v) is 16.8. The third-order valence-electron chi connectivity index (χ3n) is 5.16. The first-order valence-electron chi connectivity index (χ1n) is 9.35. The van der Waals surface area contributed by atoms with Crippen molar-refractivity contribution < 1.29 is 19.1 Å². The molecule has 0 atom stereocenters. The number of ketones is 1. The van der Waals surface area contributed by atoms with Gasteiger partial charge in [0.1, 0.15) is 6.54 Å². The van der Waals surface area contributed by atoms with Crippen molar-refractivity contribution in [3.63, 3.8) is 0 Å². The van der Waals surface area contributed by atoms with Gasteiger partial charge in [0.25, 0.3) is 0 Å². The summed E-state index contributed by atoms with van der Waals surface area (Å²) in [5.74, 6) is -0.648. The normalized spacial score (nSPS) is 16.1. The lowest BCUT2D eigenvalue weighted by Gasteiger charge is -2.27. The van der Waals surface area contributed by atoms with Crippen LogP contribution >= 0.6 is 11.8 Å². The first-order valence-corrected chi connectivity index (χ1v) is 10.3. The lowest BCUT2D eigenvalue weighted by molar-refractivity contribution is -0.141. The molecule has 1 aliphatic carbocycles. The smallest absolute Gasteiger partial charge is 0.326 e. The van der Waals surface area contributed by atoms with Crippen molar-refractivity contribution in [1.82, 2.24) is 4.57 Å². The maximum absolute atomic E-state index is 12.6. The van der Waals surface area contributed by atoms with Gasteiger partial charge in [-0.3, -0.25) is 19.3 Å². The fourth-order valence-corrected chi connectivity index (χ4v) is 4.62. The first kappa shape index (κ1) is 18.8. The Labute approximate surface area is 167 Å². The number of Topliss-reactive ketones (excluding diaryl/α,β-unsaturated/α-hetero) is 1. The molecule has 0 spiro atoms. The van der Waals surface area contributed by atoms with Crippen LogP contribution in [0.25, 0.3) is 0 Å². The summed E-state index contributed by atoms with van der Waals surface area (Å²) < 4.78 is 7.40. The summed E-state index contributed by atoms with van der Waals surface area (Å²) >= 11 is 1.46. The van der Waals surface area contributed by atoms with Crippen LogP contribution in [-0.4, -0.2) is 41.1 Å². The van der Waals surface area contributed by atoms with Crippen molar-refractivity contribution in [2.75, 3.05) is 23.8 Å². The number of carbonyl (C=O) groups is 3. The van der Waals surface area contributed by atoms with Crippen LogP contribution in [0.3, 0.4) is 0 Å². The van der Waals surface area contributed by atoms with Gasteiger partial charge in [-0.1, -0.05) is 12.1 Å². The number of fused-ring (bicyclic) bond motifs is 1. The Bertz CT molecular complexity index is 961. The Morgan fingerprint density at radius 3 is 2.71 bits per heavy atom. The van der Waals surface area contributed by atoms with Gasteiger partial charge in [-0.05, 0) is 44.9 Å². The summed E-state index contributed by atoms with van der Waals surface area (Å²) in [5.41, 5.74) is 3.30. The molecule has 7 heteroatoms. The molecular formula is C21H22N2O4S. The number of thioether (sulfide) groups is 1. The molecule has 1 aromatic carbocycles. The van der Waals surface area contributed by atoms with Gasteiger partial charge in [-0.15, -0.1) is 11.8 Å². The van der Waals surface area contributed by atoms with Crippen LogP contribution in [0.1, 0.15) is 40.6 Å². The number of benzene rings is 1. The number of amides is 1. The van der Waals surface area contributed by atoms with Crippen molar-refractivity contribution in [2.45, 2.75) is 37.6 Å². The number of para-hydroxylation sites is 1. The summed E-state index contributed by atoms with van der Waals surface area (Å²) in [6, 6.07) is 9.82. The third-order valence-corrected chi connectivity index (χ3v) is 6.20. The SMILES string of the molecule is Cc1cc(C(=O)COC(=O)CN2C(=O)CSc3ccccc32)c(C)n1C1CC1. The summed E-state index contributed by atoms with van der Waals surface area (Å²) in [6.45, 7) is 3.42. The van der Waals surface area contributed by atoms with E-state index >= 15 is 0 Å². The van der Waals surface area contributed by atoms with Crippen LogP contribution in [0.4, 0.5) is 5.69 Å². The fourth-order valence-electron chi connectivity index (χ4n) is 3.68. The number of rotatable bonds is 6. The molecule has 2 aromatic rings. The number of aryl methyl sites for hydroxylation is 1. The molecule has 1 saturated carbocycles. The molecule has 0 unspecified atom stereocenters. The number of aromatic nitrogens is 1. The minimum absolute atomic E-state index is 0.139. The predicted octanol–water partition coefficient (Wildman–Crippen LogP) is 3.30. The molecule has 0 N–H and O–H groups in total. The lowest BCUT2D eigenvalue weighted by Crippen LogP contribution is -2.40. The highest BCUT2D eigenvalue weighted by Gasteiger charge is 2.29. The summed E-state index contributed by atoms with van der Waals surface area (Å²) in [6.07, 6.45) is 2.28. The second-order valence-corrected chi connectivity index (χ2v) is 8.22. The van der Waals surface area contributed by atoms with Gasteiger partial charge in [-0.2, -0.15) is 0 Å². The maximum Gasteiger partial charge on any atom is 0.326 e. The molecule has 2 heterocycles. The Morgan fingerprint density at radius 2 is 1.96 bits per heavy atom. The largest absolute Gasteiger partial charge is 0.456 e. The molecule has 0 radical (unpaired) electrons. The number of hydrogen-bond acceptors (Lipinski definition) is 5. The molecule has 28 heavy (non-hydrogen) atoms. The first-order chi connectivity index (χ1) is 13.5. The predicted molar refractivity (Wildman–Crippen MR) is 107 cm³/mol. The fraction of sp³-hybridized carbons (Fsp3) is 0.381. The Hall–Kier alpha value is -2.54. The highest BCUT2D eigenvalue weighted by molar-refractivity contribution is 8.00. The molecule has 1 fully saturated rings. The number of anilines is 1. The van der Waals surface area contributed by atoms with Gasteiger partial charge in [-0.25, -0.2) is 0 Å². The molecule has 0 bridgehead atoms. The van der Waals surface area contributed by atoms with Crippen molar-refractivity contribution in [1.29, 1.82) is 0 Å². The van der Waals surface area contributed by atoms with E-state index in [1.807, 2.05) is 44.2 Å². The second kappa shape index (κ2) is 7.47. The van der Waals surface area contributed by atoms with Gasteiger partial charge in [0.05, 0.1) is 11.4 Å². The molecular weight excluding hydrogens is 376 g/mol. The summed E-state index contributed by atoms with van der Waals surface area (Å²) in [7, 11) is 0. The van der Waals surface area contributed by atoms with E-state index in [2.05, 4.69) is 4.57 Å². The monoisotopic (exact) mass is 398 g/mol. The van der Waals surface area contributed by atoms with E-state index in [1.54, 1.807) is 0 Å². The van der Waals surface area contributed by atoms with Gasteiger partial charge in [0.2, 0.25) is 11.7 Å². The zero-order chi connectivity index (χ0) is 19.8. The number of carbonyl (C=O) groups excluding carboxylic acids is 3. The Balaban J connectivity index is 1.39. The third kappa shape index (κ3) is 3.58. The van der Waals surface area contributed by atoms with E-state index in [0.717, 1.165) is 29.1 Å². The molecule has 1 aromatic heterocycles. The Morgan fingerprint density at radius 1 is 1.21 bits per heavy atom. The van der Waals surface area contributed by atoms with Crippen LogP contribution in [-0.2, 0) is 14.3 Å². The summed E-state index contributed by atoms with van der Waals surface area (Å²) in [5, 5.41) is 0. The van der Waals surface area contributed by atoms with Crippen LogP contribution < -0.4 is 4.90 Å². The van der Waals surface area contributed by atoms with Gasteiger partial charge in [0.15, 0.2) is 6.61 Å². The van der Waals surface area contributed by atoms with Crippen LogP contribution in [0, 0.1) is 13.8 Å². The van der Waals surface area contributed by atoms with Gasteiger partial charge < -0.3 is 9.30 Å². The van der Waals surface area contributed by atoms with Gasteiger partial charge in [0, 0.05) is 27.9 Å².